The fourth-order valence-corrected chi connectivity index (χ4v) is 7.41. The van der Waals surface area contributed by atoms with Crippen LogP contribution in [0.15, 0.2) is 64.5 Å². The fourth-order valence-electron chi connectivity index (χ4n) is 6.46. The number of likely N-dealkylation sites (tertiary alicyclic amines) is 1. The zero-order valence-electron chi connectivity index (χ0n) is 34.6. The minimum Gasteiger partial charge on any atom is -0.445 e. The van der Waals surface area contributed by atoms with E-state index in [1.54, 1.807) is 19.1 Å². The molecule has 0 spiro atoms. The number of nitrogens with two attached hydrogens (primary N) is 2. The van der Waals surface area contributed by atoms with Crippen molar-refractivity contribution in [2.45, 2.75) is 113 Å². The number of nitrogens with one attached hydrogen (secondary N) is 4. The summed E-state index contributed by atoms with van der Waals surface area (Å²) < 4.78 is 32.8. The quantitative estimate of drug-likeness (QED) is 0.0368. The summed E-state index contributed by atoms with van der Waals surface area (Å²) in [4.78, 5) is 101. The molecule has 2 aliphatic rings. The van der Waals surface area contributed by atoms with Gasteiger partial charge in [0, 0.05) is 32.5 Å². The summed E-state index contributed by atoms with van der Waals surface area (Å²) in [7, 11) is -4.05. The van der Waals surface area contributed by atoms with E-state index in [9.17, 15) is 47.1 Å². The summed E-state index contributed by atoms with van der Waals surface area (Å²) in [5, 5.41) is 18.0. The summed E-state index contributed by atoms with van der Waals surface area (Å²) in [6, 6.07) is 9.99. The number of carbonyl (C=O) groups is 7. The van der Waals surface area contributed by atoms with Crippen molar-refractivity contribution in [2.24, 2.45) is 16.5 Å². The first-order valence-corrected chi connectivity index (χ1v) is 21.7. The molecule has 0 aromatic heterocycles. The molecule has 6 amide bonds. The van der Waals surface area contributed by atoms with Crippen molar-refractivity contribution in [3.63, 3.8) is 0 Å². The van der Waals surface area contributed by atoms with Gasteiger partial charge < -0.3 is 47.0 Å². The van der Waals surface area contributed by atoms with Gasteiger partial charge in [-0.25, -0.2) is 22.7 Å². The molecule has 0 radical (unpaired) electrons. The van der Waals surface area contributed by atoms with E-state index in [1.807, 2.05) is 30.3 Å². The highest BCUT2D eigenvalue weighted by molar-refractivity contribution is 7.90. The topological polar surface area (TPSA) is 311 Å². The van der Waals surface area contributed by atoms with Crippen molar-refractivity contribution in [3.8, 4) is 0 Å². The van der Waals surface area contributed by atoms with E-state index in [2.05, 4.69) is 25.7 Å². The second kappa shape index (κ2) is 23.2. The molecule has 62 heavy (non-hydrogen) atoms. The van der Waals surface area contributed by atoms with Crippen LogP contribution in [-0.4, -0.2) is 121 Å². The lowest BCUT2D eigenvalue weighted by Crippen LogP contribution is -2.58. The number of guanidine groups is 1. The summed E-state index contributed by atoms with van der Waals surface area (Å²) in [6.07, 6.45) is -1.04. The Morgan fingerprint density at radius 2 is 1.60 bits per heavy atom. The second-order valence-electron chi connectivity index (χ2n) is 14.9. The summed E-state index contributed by atoms with van der Waals surface area (Å²) in [5.41, 5.74) is 13.3. The lowest BCUT2D eigenvalue weighted by atomic mass is 10.1. The standard InChI is InChI=1S/C40H55N9O12S/c1-25-15-17-28(18-16-25)62(58,59)47-39(42)43-22-8-13-30(38(56)61-49-32(51)19-20-33(49)52)46-35(53)31-14-9-23-48(31)37(55)29(45-36(54)34(41)26(2)50)12-6-7-21-44-40(57)60-24-27-10-4-3-5-11-27/h3-5,10-11,15-18,26,29-31,34,50H,6-9,12-14,19-24,41H2,1-2H3,(H,44,57)(H,45,54)(H,46,53)(H3,42,43,47)/t26-,29+,30+,31+,34+/m1/s1. The number of unbranched alkanes of at least 4 members (excludes halogenated alkanes) is 1. The third kappa shape index (κ3) is 14.5. The number of alkyl carbamates (subject to hydrolysis) is 1. The van der Waals surface area contributed by atoms with Crippen molar-refractivity contribution in [2.75, 3.05) is 19.6 Å². The van der Waals surface area contributed by atoms with E-state index in [4.69, 9.17) is 21.0 Å². The highest BCUT2D eigenvalue weighted by Gasteiger charge is 2.40. The number of ether oxygens (including phenoxy) is 1. The third-order valence-electron chi connectivity index (χ3n) is 9.97. The smallest absolute Gasteiger partial charge is 0.407 e. The van der Waals surface area contributed by atoms with Crippen LogP contribution in [0.1, 0.15) is 75.8 Å². The van der Waals surface area contributed by atoms with Crippen LogP contribution in [0.25, 0.3) is 0 Å². The number of hydrogen-bond acceptors (Lipinski definition) is 14. The molecule has 0 bridgehead atoms. The molecule has 22 heteroatoms. The van der Waals surface area contributed by atoms with Crippen LogP contribution in [0, 0.1) is 6.92 Å². The summed E-state index contributed by atoms with van der Waals surface area (Å²) >= 11 is 0. The van der Waals surface area contributed by atoms with E-state index in [0.717, 1.165) is 11.1 Å². The molecular formula is C40H55N9O12S. The van der Waals surface area contributed by atoms with E-state index in [0.29, 0.717) is 24.3 Å². The Hall–Kier alpha value is -6.13. The maximum Gasteiger partial charge on any atom is 0.407 e. The number of aliphatic imine (C=N–C) groups is 1. The predicted octanol–water partition coefficient (Wildman–Crippen LogP) is -0.259. The maximum atomic E-state index is 14.1. The van der Waals surface area contributed by atoms with E-state index in [-0.39, 0.29) is 69.7 Å². The van der Waals surface area contributed by atoms with Crippen LogP contribution in [0.5, 0.6) is 0 Å². The Labute approximate surface area is 359 Å². The first kappa shape index (κ1) is 48.5. The largest absolute Gasteiger partial charge is 0.445 e. The van der Waals surface area contributed by atoms with Gasteiger partial charge in [-0.1, -0.05) is 48.0 Å². The van der Waals surface area contributed by atoms with Gasteiger partial charge in [0.05, 0.1) is 11.0 Å². The fraction of sp³-hybridized carbons (Fsp3) is 0.500. The zero-order valence-corrected chi connectivity index (χ0v) is 35.4. The summed E-state index contributed by atoms with van der Waals surface area (Å²) in [6.45, 7) is 3.37. The van der Waals surface area contributed by atoms with Gasteiger partial charge in [0.1, 0.15) is 30.8 Å². The van der Waals surface area contributed by atoms with E-state index in [1.165, 1.54) is 24.0 Å². The number of imide groups is 1. The van der Waals surface area contributed by atoms with Crippen LogP contribution < -0.4 is 32.1 Å². The van der Waals surface area contributed by atoms with E-state index < -0.39 is 87.9 Å². The molecule has 2 aliphatic heterocycles. The molecular weight excluding hydrogens is 831 g/mol. The average molecular weight is 886 g/mol. The van der Waals surface area contributed by atoms with Crippen molar-refractivity contribution < 1.29 is 56.7 Å². The van der Waals surface area contributed by atoms with E-state index >= 15 is 0 Å². The van der Waals surface area contributed by atoms with Gasteiger partial charge in [0.15, 0.2) is 0 Å². The molecule has 5 atom stereocenters. The van der Waals surface area contributed by atoms with Crippen LogP contribution in [-0.2, 0) is 55.0 Å². The van der Waals surface area contributed by atoms with Crippen LogP contribution in [0.4, 0.5) is 4.79 Å². The Balaban J connectivity index is 1.40. The van der Waals surface area contributed by atoms with Crippen LogP contribution in [0.3, 0.4) is 0 Å². The van der Waals surface area contributed by atoms with Crippen molar-refractivity contribution in [1.82, 2.24) is 30.6 Å². The van der Waals surface area contributed by atoms with Crippen LogP contribution in [0.2, 0.25) is 0 Å². The molecule has 21 nitrogen and oxygen atoms in total. The first-order valence-electron chi connectivity index (χ1n) is 20.2. The number of benzene rings is 2. The van der Waals surface area contributed by atoms with Gasteiger partial charge in [-0.3, -0.25) is 29.0 Å². The number of aliphatic hydroxyl groups excluding tert-OH is 1. The molecule has 2 fully saturated rings. The number of sulfonamides is 1. The SMILES string of the molecule is Cc1ccc(S(=O)(=O)NC(N)=NCCC[C@H](NC(=O)[C@@H]2CCCN2C(=O)[C@H](CCCCNC(=O)OCc2ccccc2)NC(=O)[C@@H](N)[C@@H](C)O)C(=O)ON2C(=O)CCC2=O)cc1. The molecule has 0 unspecified atom stereocenters. The van der Waals surface area contributed by atoms with Gasteiger partial charge in [0.25, 0.3) is 21.8 Å². The number of carbonyl (C=O) groups excluding carboxylic acids is 7. The molecule has 2 heterocycles. The lowest BCUT2D eigenvalue weighted by molar-refractivity contribution is -0.199. The first-order chi connectivity index (χ1) is 29.5. The molecule has 4 rings (SSSR count). The number of hydrogen-bond donors (Lipinski definition) is 7. The molecule has 0 aliphatic carbocycles. The molecule has 9 N–H and O–H groups in total. The minimum atomic E-state index is -4.05. The highest BCUT2D eigenvalue weighted by Crippen LogP contribution is 2.21. The predicted molar refractivity (Wildman–Crippen MR) is 221 cm³/mol. The number of aryl methyl sites for hydroxylation is 1. The monoisotopic (exact) mass is 885 g/mol. The van der Waals surface area contributed by atoms with Gasteiger partial charge in [-0.05, 0) is 76.5 Å². The number of aliphatic hydroxyl groups is 1. The zero-order chi connectivity index (χ0) is 45.4. The number of nitrogens with zero attached hydrogens (tertiary/aromatic N) is 3. The summed E-state index contributed by atoms with van der Waals surface area (Å²) in [5.74, 6) is -5.28. The van der Waals surface area contributed by atoms with Crippen molar-refractivity contribution in [1.29, 1.82) is 0 Å². The highest BCUT2D eigenvalue weighted by atomic mass is 32.2. The minimum absolute atomic E-state index is 0.0272. The van der Waals surface area contributed by atoms with Gasteiger partial charge in [0.2, 0.25) is 23.7 Å². The number of hydroxylamine groups is 2. The molecule has 338 valence electrons. The Kier molecular flexibility index (Phi) is 18.2. The molecule has 0 saturated carbocycles. The molecule has 2 saturated heterocycles. The molecule has 2 aromatic rings. The maximum absolute atomic E-state index is 14.1. The average Bonchev–Trinajstić information content (AvgIpc) is 3.86. The van der Waals surface area contributed by atoms with Crippen molar-refractivity contribution in [3.05, 3.63) is 65.7 Å². The van der Waals surface area contributed by atoms with Crippen molar-refractivity contribution >= 4 is 57.6 Å². The van der Waals surface area contributed by atoms with Gasteiger partial charge in [-0.15, -0.1) is 5.06 Å². The Bertz CT molecular complexity index is 2040. The number of amides is 6. The Morgan fingerprint density at radius 1 is 0.935 bits per heavy atom. The second-order valence-corrected chi connectivity index (χ2v) is 16.6. The Morgan fingerprint density at radius 3 is 2.26 bits per heavy atom. The van der Waals surface area contributed by atoms with Gasteiger partial charge in [-0.2, -0.15) is 0 Å². The number of rotatable bonds is 21. The molecule has 2 aromatic carbocycles. The third-order valence-corrected chi connectivity index (χ3v) is 11.3. The lowest BCUT2D eigenvalue weighted by Gasteiger charge is -2.30. The normalized spacial score (nSPS) is 17.4. The van der Waals surface area contributed by atoms with Crippen LogP contribution >= 0.6 is 0 Å². The van der Waals surface area contributed by atoms with Gasteiger partial charge >= 0.3 is 12.1 Å².